The Hall–Kier alpha value is -2.15. The van der Waals surface area contributed by atoms with Gasteiger partial charge in [0.1, 0.15) is 18.9 Å². The Bertz CT molecular complexity index is 545. The second-order valence-corrected chi connectivity index (χ2v) is 4.34. The molecule has 0 atom stereocenters. The van der Waals surface area contributed by atoms with Crippen molar-refractivity contribution in [3.8, 4) is 0 Å². The van der Waals surface area contributed by atoms with E-state index in [-0.39, 0.29) is 10.6 Å². The van der Waals surface area contributed by atoms with E-state index in [2.05, 4.69) is 9.47 Å². The van der Waals surface area contributed by atoms with Gasteiger partial charge in [-0.15, -0.1) is 0 Å². The van der Waals surface area contributed by atoms with E-state index in [0.717, 1.165) is 31.3 Å². The summed E-state index contributed by atoms with van der Waals surface area (Å²) in [7, 11) is 2.29. The van der Waals surface area contributed by atoms with E-state index in [1.54, 1.807) is 0 Å². The lowest BCUT2D eigenvalue weighted by molar-refractivity contribution is -0.144. The molecule has 0 aliphatic rings. The Balaban J connectivity index is 3.02. The number of amides is 1. The van der Waals surface area contributed by atoms with Crippen molar-refractivity contribution in [1.29, 1.82) is 0 Å². The van der Waals surface area contributed by atoms with Gasteiger partial charge < -0.3 is 14.4 Å². The van der Waals surface area contributed by atoms with Gasteiger partial charge in [0.2, 0.25) is 0 Å². The first kappa shape index (κ1) is 16.9. The number of hydrogen-bond donors (Lipinski definition) is 0. The van der Waals surface area contributed by atoms with Crippen molar-refractivity contribution in [2.24, 2.45) is 0 Å². The zero-order valence-corrected chi connectivity index (χ0v) is 12.1. The summed E-state index contributed by atoms with van der Waals surface area (Å²) in [6.45, 7) is -0.920. The molecule has 0 saturated carbocycles. The zero-order valence-electron chi connectivity index (χ0n) is 11.4. The Morgan fingerprint density at radius 1 is 1.14 bits per heavy atom. The maximum Gasteiger partial charge on any atom is 0.325 e. The molecule has 6 nitrogen and oxygen atoms in total. The monoisotopic (exact) mass is 317 g/mol. The summed E-state index contributed by atoms with van der Waals surface area (Å²) in [6, 6.07) is 3.18. The van der Waals surface area contributed by atoms with Crippen LogP contribution in [0.5, 0.6) is 0 Å². The summed E-state index contributed by atoms with van der Waals surface area (Å²) >= 11 is 5.79. The number of rotatable bonds is 5. The van der Waals surface area contributed by atoms with Crippen LogP contribution in [0.25, 0.3) is 0 Å². The number of carbonyl (C=O) groups is 3. The zero-order chi connectivity index (χ0) is 16.0. The molecular weight excluding hydrogens is 305 g/mol. The van der Waals surface area contributed by atoms with E-state index in [0.29, 0.717) is 0 Å². The van der Waals surface area contributed by atoms with Gasteiger partial charge >= 0.3 is 11.9 Å². The molecule has 0 N–H and O–H groups in total. The van der Waals surface area contributed by atoms with Crippen molar-refractivity contribution in [3.63, 3.8) is 0 Å². The van der Waals surface area contributed by atoms with Crippen LogP contribution in [-0.4, -0.2) is 50.1 Å². The van der Waals surface area contributed by atoms with Gasteiger partial charge in [-0.25, -0.2) is 4.39 Å². The highest BCUT2D eigenvalue weighted by Crippen LogP contribution is 2.19. The molecule has 0 unspecified atom stereocenters. The molecule has 1 aromatic rings. The minimum absolute atomic E-state index is 0.0362. The van der Waals surface area contributed by atoms with Gasteiger partial charge in [0.25, 0.3) is 5.91 Å². The van der Waals surface area contributed by atoms with Gasteiger partial charge in [-0.1, -0.05) is 11.6 Å². The molecule has 1 amide bonds. The highest BCUT2D eigenvalue weighted by atomic mass is 35.5. The highest BCUT2D eigenvalue weighted by molar-refractivity contribution is 6.33. The summed E-state index contributed by atoms with van der Waals surface area (Å²) in [5.41, 5.74) is -0.0362. The van der Waals surface area contributed by atoms with Crippen LogP contribution in [0.3, 0.4) is 0 Å². The number of ether oxygens (including phenoxy) is 2. The molecule has 8 heteroatoms. The third kappa shape index (κ3) is 4.71. The average Bonchev–Trinajstić information content (AvgIpc) is 2.45. The first-order valence-corrected chi connectivity index (χ1v) is 6.14. The van der Waals surface area contributed by atoms with Crippen molar-refractivity contribution >= 4 is 29.4 Å². The molecule has 21 heavy (non-hydrogen) atoms. The van der Waals surface area contributed by atoms with E-state index in [1.807, 2.05) is 0 Å². The summed E-state index contributed by atoms with van der Waals surface area (Å²) in [5, 5.41) is -0.125. The van der Waals surface area contributed by atoms with Crippen LogP contribution in [0.15, 0.2) is 18.2 Å². The Kier molecular flexibility index (Phi) is 6.10. The predicted molar refractivity (Wildman–Crippen MR) is 71.3 cm³/mol. The molecule has 1 aromatic carbocycles. The first-order valence-electron chi connectivity index (χ1n) is 5.77. The molecule has 1 rings (SSSR count). The van der Waals surface area contributed by atoms with Crippen molar-refractivity contribution in [2.45, 2.75) is 0 Å². The van der Waals surface area contributed by atoms with Crippen LogP contribution >= 0.6 is 11.6 Å². The van der Waals surface area contributed by atoms with Crippen molar-refractivity contribution in [2.75, 3.05) is 27.3 Å². The second-order valence-electron chi connectivity index (χ2n) is 3.94. The van der Waals surface area contributed by atoms with Crippen LogP contribution in [0.2, 0.25) is 5.02 Å². The van der Waals surface area contributed by atoms with Crippen LogP contribution < -0.4 is 0 Å². The van der Waals surface area contributed by atoms with E-state index in [1.165, 1.54) is 6.07 Å². The molecule has 0 aromatic heterocycles. The van der Waals surface area contributed by atoms with Crippen molar-refractivity contribution in [1.82, 2.24) is 4.90 Å². The predicted octanol–water partition coefficient (Wildman–Crippen LogP) is 1.27. The van der Waals surface area contributed by atoms with E-state index >= 15 is 0 Å². The maximum absolute atomic E-state index is 13.0. The van der Waals surface area contributed by atoms with Gasteiger partial charge in [-0.2, -0.15) is 0 Å². The van der Waals surface area contributed by atoms with Gasteiger partial charge in [-0.3, -0.25) is 14.4 Å². The molecule has 0 spiro atoms. The summed E-state index contributed by atoms with van der Waals surface area (Å²) < 4.78 is 21.9. The second kappa shape index (κ2) is 7.58. The van der Waals surface area contributed by atoms with Crippen LogP contribution in [-0.2, 0) is 19.1 Å². The first-order chi connectivity index (χ1) is 9.88. The largest absolute Gasteiger partial charge is 0.468 e. The minimum atomic E-state index is -0.717. The highest BCUT2D eigenvalue weighted by Gasteiger charge is 2.24. The third-order valence-corrected chi connectivity index (χ3v) is 2.86. The molecule has 0 bridgehead atoms. The Labute approximate surface area is 125 Å². The lowest BCUT2D eigenvalue weighted by Crippen LogP contribution is -2.40. The Morgan fingerprint density at radius 2 is 1.67 bits per heavy atom. The minimum Gasteiger partial charge on any atom is -0.468 e. The molecule has 0 aliphatic heterocycles. The van der Waals surface area contributed by atoms with Crippen LogP contribution in [0.1, 0.15) is 10.4 Å². The fourth-order valence-electron chi connectivity index (χ4n) is 1.47. The number of nitrogens with zero attached hydrogens (tertiary/aromatic N) is 1. The number of esters is 2. The number of hydrogen-bond acceptors (Lipinski definition) is 5. The van der Waals surface area contributed by atoms with Crippen LogP contribution in [0, 0.1) is 5.82 Å². The standard InChI is InChI=1S/C13H13ClFNO5/c1-20-11(17)6-16(7-12(18)21-2)13(19)9-4-3-8(15)5-10(9)14/h3-5H,6-7H2,1-2H3. The number of benzene rings is 1. The van der Waals surface area contributed by atoms with Crippen LogP contribution in [0.4, 0.5) is 4.39 Å². The fraction of sp³-hybridized carbons (Fsp3) is 0.308. The molecular formula is C13H13ClFNO5. The summed E-state index contributed by atoms with van der Waals surface area (Å²) in [5.74, 6) is -2.75. The third-order valence-electron chi connectivity index (χ3n) is 2.54. The van der Waals surface area contributed by atoms with Gasteiger partial charge in [0.05, 0.1) is 24.8 Å². The molecule has 114 valence electrons. The lowest BCUT2D eigenvalue weighted by atomic mass is 10.2. The van der Waals surface area contributed by atoms with Gasteiger partial charge in [0, 0.05) is 0 Å². The van der Waals surface area contributed by atoms with E-state index in [9.17, 15) is 18.8 Å². The van der Waals surface area contributed by atoms with E-state index in [4.69, 9.17) is 11.6 Å². The van der Waals surface area contributed by atoms with Crippen molar-refractivity contribution in [3.05, 3.63) is 34.6 Å². The lowest BCUT2D eigenvalue weighted by Gasteiger charge is -2.20. The molecule has 0 saturated heterocycles. The van der Waals surface area contributed by atoms with Gasteiger partial charge in [-0.05, 0) is 18.2 Å². The molecule has 0 radical (unpaired) electrons. The number of methoxy groups -OCH3 is 2. The smallest absolute Gasteiger partial charge is 0.325 e. The summed E-state index contributed by atoms with van der Waals surface area (Å²) in [6.07, 6.45) is 0. The molecule has 0 heterocycles. The maximum atomic E-state index is 13.0. The average molecular weight is 318 g/mol. The topological polar surface area (TPSA) is 72.9 Å². The molecule has 0 aliphatic carbocycles. The molecule has 0 fully saturated rings. The van der Waals surface area contributed by atoms with Gasteiger partial charge in [0.15, 0.2) is 0 Å². The quantitative estimate of drug-likeness (QED) is 0.765. The van der Waals surface area contributed by atoms with Crippen molar-refractivity contribution < 1.29 is 28.2 Å². The fourth-order valence-corrected chi connectivity index (χ4v) is 1.72. The number of carbonyl (C=O) groups excluding carboxylic acids is 3. The number of halogens is 2. The normalized spacial score (nSPS) is 9.90. The van der Waals surface area contributed by atoms with E-state index < -0.39 is 36.8 Å². The summed E-state index contributed by atoms with van der Waals surface area (Å²) in [4.78, 5) is 35.8. The SMILES string of the molecule is COC(=O)CN(CC(=O)OC)C(=O)c1ccc(F)cc1Cl. The Morgan fingerprint density at radius 3 is 2.10 bits per heavy atom.